The third-order valence-electron chi connectivity index (χ3n) is 4.52. The summed E-state index contributed by atoms with van der Waals surface area (Å²) in [6.07, 6.45) is 8.28. The van der Waals surface area contributed by atoms with Crippen LogP contribution in [0.4, 0.5) is 0 Å². The fourth-order valence-corrected chi connectivity index (χ4v) is 9.47. The van der Waals surface area contributed by atoms with E-state index in [1.165, 1.54) is 70.0 Å². The first-order valence-electron chi connectivity index (χ1n) is 7.98. The molecule has 20 heavy (non-hydrogen) atoms. The zero-order valence-corrected chi connectivity index (χ0v) is 14.8. The van der Waals surface area contributed by atoms with Crippen LogP contribution in [-0.4, -0.2) is 50.6 Å². The Hall–Kier alpha value is 0.0895. The molecular weight excluding hydrogens is 330 g/mol. The van der Waals surface area contributed by atoms with Crippen LogP contribution in [0, 0.1) is 0 Å². The number of nitrogens with zero attached hydrogens (tertiary/aromatic N) is 2. The minimum absolute atomic E-state index is 1.27. The number of benzene rings is 1. The quantitative estimate of drug-likeness (QED) is 0.607. The van der Waals surface area contributed by atoms with Crippen molar-refractivity contribution in [3.63, 3.8) is 0 Å². The molecule has 2 nitrogen and oxygen atoms in total. The van der Waals surface area contributed by atoms with Crippen molar-refractivity contribution in [2.24, 2.45) is 0 Å². The summed E-state index contributed by atoms with van der Waals surface area (Å²) < 4.78 is 5.58. The molecule has 0 aromatic heterocycles. The SMILES string of the molecule is [Se]=P(c1ccccc1)(N1CCCCC1)N1CCCCC1. The van der Waals surface area contributed by atoms with E-state index in [1.54, 1.807) is 0 Å². The zero-order valence-electron chi connectivity index (χ0n) is 12.2. The maximum absolute atomic E-state index is 3.71. The van der Waals surface area contributed by atoms with Gasteiger partial charge in [0, 0.05) is 0 Å². The van der Waals surface area contributed by atoms with E-state index in [-0.39, 0.29) is 0 Å². The number of rotatable bonds is 3. The van der Waals surface area contributed by atoms with Gasteiger partial charge in [0.05, 0.1) is 0 Å². The van der Waals surface area contributed by atoms with Crippen molar-refractivity contribution in [2.45, 2.75) is 38.5 Å². The third-order valence-corrected chi connectivity index (χ3v) is 12.1. The number of hydrogen-bond acceptors (Lipinski definition) is 2. The fraction of sp³-hybridized carbons (Fsp3) is 0.625. The van der Waals surface area contributed by atoms with Gasteiger partial charge < -0.3 is 0 Å². The molecule has 3 rings (SSSR count). The van der Waals surface area contributed by atoms with E-state index in [0.717, 1.165) is 0 Å². The predicted molar refractivity (Wildman–Crippen MR) is 89.6 cm³/mol. The van der Waals surface area contributed by atoms with E-state index in [0.29, 0.717) is 0 Å². The van der Waals surface area contributed by atoms with E-state index in [2.05, 4.69) is 54.8 Å². The fourth-order valence-electron chi connectivity index (χ4n) is 3.42. The summed E-state index contributed by atoms with van der Waals surface area (Å²) in [4.78, 5) is 0. The Labute approximate surface area is 130 Å². The summed E-state index contributed by atoms with van der Waals surface area (Å²) in [7, 11) is 0. The molecule has 0 amide bonds. The van der Waals surface area contributed by atoms with Gasteiger partial charge in [-0.2, -0.15) is 0 Å². The molecule has 110 valence electrons. The molecule has 4 heteroatoms. The molecule has 2 fully saturated rings. The molecule has 0 N–H and O–H groups in total. The molecule has 0 spiro atoms. The molecular formula is C16H25N2PSe. The van der Waals surface area contributed by atoms with Crippen LogP contribution in [0.3, 0.4) is 0 Å². The number of piperidine rings is 2. The van der Waals surface area contributed by atoms with Crippen LogP contribution in [0.2, 0.25) is 0 Å². The monoisotopic (exact) mass is 356 g/mol. The Morgan fingerprint density at radius 2 is 1.15 bits per heavy atom. The van der Waals surface area contributed by atoms with Crippen molar-refractivity contribution < 1.29 is 0 Å². The zero-order chi connectivity index (χ0) is 13.8. The third kappa shape index (κ3) is 2.98. The van der Waals surface area contributed by atoms with Gasteiger partial charge in [0.15, 0.2) is 0 Å². The van der Waals surface area contributed by atoms with Crippen LogP contribution in [-0.2, 0) is 0 Å². The molecule has 2 heterocycles. The molecule has 1 aromatic carbocycles. The van der Waals surface area contributed by atoms with Crippen molar-refractivity contribution in [1.82, 2.24) is 9.34 Å². The van der Waals surface area contributed by atoms with E-state index in [9.17, 15) is 0 Å². The Balaban J connectivity index is 1.95. The summed E-state index contributed by atoms with van der Waals surface area (Å²) in [5.41, 5.74) is 0. The van der Waals surface area contributed by atoms with Gasteiger partial charge in [0.25, 0.3) is 0 Å². The molecule has 0 atom stereocenters. The van der Waals surface area contributed by atoms with Crippen LogP contribution in [0.15, 0.2) is 30.3 Å². The van der Waals surface area contributed by atoms with Gasteiger partial charge in [-0.15, -0.1) is 0 Å². The predicted octanol–water partition coefficient (Wildman–Crippen LogP) is 3.21. The second-order valence-electron chi connectivity index (χ2n) is 5.91. The Kier molecular flexibility index (Phi) is 5.18. The molecule has 2 aliphatic rings. The normalized spacial score (nSPS) is 22.8. The van der Waals surface area contributed by atoms with Crippen molar-refractivity contribution >= 4 is 26.2 Å². The molecule has 0 bridgehead atoms. The van der Waals surface area contributed by atoms with Gasteiger partial charge in [-0.05, 0) is 0 Å². The molecule has 0 saturated carbocycles. The summed E-state index contributed by atoms with van der Waals surface area (Å²) in [5, 5.41) is 1.53. The van der Waals surface area contributed by atoms with Crippen molar-refractivity contribution in [3.8, 4) is 0 Å². The molecule has 1 aromatic rings. The van der Waals surface area contributed by atoms with Crippen LogP contribution in [0.25, 0.3) is 0 Å². The van der Waals surface area contributed by atoms with Gasteiger partial charge in [0.1, 0.15) is 0 Å². The second kappa shape index (κ2) is 6.90. The first-order chi connectivity index (χ1) is 9.82. The van der Waals surface area contributed by atoms with E-state index in [4.69, 9.17) is 0 Å². The van der Waals surface area contributed by atoms with E-state index < -0.39 is 5.81 Å². The summed E-state index contributed by atoms with van der Waals surface area (Å²) in [6.45, 7) is 5.08. The first kappa shape index (κ1) is 15.0. The summed E-state index contributed by atoms with van der Waals surface area (Å²) in [6, 6.07) is 11.2. The van der Waals surface area contributed by atoms with Gasteiger partial charge in [0.2, 0.25) is 0 Å². The molecule has 0 unspecified atom stereocenters. The van der Waals surface area contributed by atoms with Gasteiger partial charge in [-0.3, -0.25) is 0 Å². The molecule has 2 saturated heterocycles. The topological polar surface area (TPSA) is 6.48 Å². The minimum atomic E-state index is -1.43. The Morgan fingerprint density at radius 3 is 1.60 bits per heavy atom. The van der Waals surface area contributed by atoms with Crippen LogP contribution < -0.4 is 5.30 Å². The van der Waals surface area contributed by atoms with Crippen LogP contribution in [0.1, 0.15) is 38.5 Å². The summed E-state index contributed by atoms with van der Waals surface area (Å²) >= 11 is 3.71. The van der Waals surface area contributed by atoms with Crippen LogP contribution in [0.5, 0.6) is 0 Å². The molecule has 0 aliphatic carbocycles. The van der Waals surface area contributed by atoms with Crippen molar-refractivity contribution in [1.29, 1.82) is 0 Å². The second-order valence-corrected chi connectivity index (χ2v) is 11.8. The summed E-state index contributed by atoms with van der Waals surface area (Å²) in [5.74, 6) is -1.43. The Bertz CT molecular complexity index is 443. The average Bonchev–Trinajstić information content (AvgIpc) is 2.56. The van der Waals surface area contributed by atoms with Crippen LogP contribution >= 0.6 is 5.81 Å². The Morgan fingerprint density at radius 1 is 0.700 bits per heavy atom. The van der Waals surface area contributed by atoms with E-state index >= 15 is 0 Å². The number of hydrogen-bond donors (Lipinski definition) is 0. The van der Waals surface area contributed by atoms with Gasteiger partial charge in [-0.25, -0.2) is 0 Å². The molecule has 2 aliphatic heterocycles. The maximum atomic E-state index is 3.71. The van der Waals surface area contributed by atoms with Gasteiger partial charge >= 0.3 is 131 Å². The van der Waals surface area contributed by atoms with E-state index in [1.807, 2.05) is 0 Å². The first-order valence-corrected chi connectivity index (χ1v) is 11.9. The van der Waals surface area contributed by atoms with Crippen molar-refractivity contribution in [3.05, 3.63) is 30.3 Å². The average molecular weight is 355 g/mol. The van der Waals surface area contributed by atoms with Gasteiger partial charge in [-0.1, -0.05) is 0 Å². The van der Waals surface area contributed by atoms with Crippen molar-refractivity contribution in [2.75, 3.05) is 26.2 Å². The standard InChI is InChI=1S/C16H25N2PSe/c20-19(16-10-4-1-5-11-16,17-12-6-2-7-13-17)18-14-8-3-9-15-18/h1,4-5,10-11H,2-3,6-9,12-15H2. The molecule has 0 radical (unpaired) electrons.